The van der Waals surface area contributed by atoms with E-state index >= 15 is 0 Å². The molecule has 10 aromatic rings. The third kappa shape index (κ3) is 4.98. The van der Waals surface area contributed by atoms with Crippen molar-refractivity contribution in [2.24, 2.45) is 0 Å². The Balaban J connectivity index is 1.07. The van der Waals surface area contributed by atoms with Gasteiger partial charge in [-0.3, -0.25) is 0 Å². The third-order valence-electron chi connectivity index (χ3n) is 9.36. The van der Waals surface area contributed by atoms with Gasteiger partial charge in [-0.25, -0.2) is 15.0 Å². The molecule has 0 radical (unpaired) electrons. The standard InChI is InChI=1S/C45H27N3S2/c1-3-10-28(11-4-1)29-18-20-31(21-19-29)44-46-43(30-12-5-2-6-13-30)47-45(48-44)33-23-25-36-35-24-22-32(26-40(35)50-41(36)27-33)34-15-9-17-39-42(34)37-14-7-8-16-38(37)49-39/h1-27H. The summed E-state index contributed by atoms with van der Waals surface area (Å²) in [5.74, 6) is 1.98. The maximum absolute atomic E-state index is 5.05. The van der Waals surface area contributed by atoms with Gasteiger partial charge in [0, 0.05) is 57.0 Å². The molecule has 0 unspecified atom stereocenters. The summed E-state index contributed by atoms with van der Waals surface area (Å²) in [7, 11) is 0. The van der Waals surface area contributed by atoms with E-state index < -0.39 is 0 Å². The Hall–Kier alpha value is -6.01. The molecule has 0 spiro atoms. The van der Waals surface area contributed by atoms with Gasteiger partial charge in [0.05, 0.1) is 0 Å². The summed E-state index contributed by atoms with van der Waals surface area (Å²) >= 11 is 3.68. The molecule has 5 heteroatoms. The Morgan fingerprint density at radius 1 is 0.300 bits per heavy atom. The van der Waals surface area contributed by atoms with Gasteiger partial charge >= 0.3 is 0 Å². The van der Waals surface area contributed by atoms with E-state index in [1.54, 1.807) is 0 Å². The van der Waals surface area contributed by atoms with E-state index in [9.17, 15) is 0 Å². The van der Waals surface area contributed by atoms with Crippen molar-refractivity contribution in [1.82, 2.24) is 15.0 Å². The van der Waals surface area contributed by atoms with Crippen LogP contribution in [0.5, 0.6) is 0 Å². The molecule has 0 N–H and O–H groups in total. The maximum atomic E-state index is 5.05. The molecular weight excluding hydrogens is 647 g/mol. The van der Waals surface area contributed by atoms with Gasteiger partial charge in [-0.15, -0.1) is 22.7 Å². The molecule has 3 heterocycles. The largest absolute Gasteiger partial charge is 0.208 e. The van der Waals surface area contributed by atoms with E-state index in [4.69, 9.17) is 15.0 Å². The summed E-state index contributed by atoms with van der Waals surface area (Å²) in [6.07, 6.45) is 0. The normalized spacial score (nSPS) is 11.6. The fraction of sp³-hybridized carbons (Fsp3) is 0. The van der Waals surface area contributed by atoms with Crippen LogP contribution < -0.4 is 0 Å². The molecule has 50 heavy (non-hydrogen) atoms. The summed E-state index contributed by atoms with van der Waals surface area (Å²) in [6.45, 7) is 0. The van der Waals surface area contributed by atoms with E-state index in [1.165, 1.54) is 57.0 Å². The molecule has 0 amide bonds. The lowest BCUT2D eigenvalue weighted by atomic mass is 9.98. The van der Waals surface area contributed by atoms with Crippen molar-refractivity contribution in [3.63, 3.8) is 0 Å². The lowest BCUT2D eigenvalue weighted by Crippen LogP contribution is -2.00. The smallest absolute Gasteiger partial charge is 0.164 e. The van der Waals surface area contributed by atoms with Crippen LogP contribution in [0.1, 0.15) is 0 Å². The van der Waals surface area contributed by atoms with Gasteiger partial charge in [-0.2, -0.15) is 0 Å². The first-order chi connectivity index (χ1) is 24.7. The SMILES string of the molecule is c1ccc(-c2ccc(-c3nc(-c4ccccc4)nc(-c4ccc5c(c4)sc4cc(-c6cccc7sc8ccccc8c67)ccc45)n3)cc2)cc1. The van der Waals surface area contributed by atoms with Crippen LogP contribution in [-0.2, 0) is 0 Å². The number of benzene rings is 7. The van der Waals surface area contributed by atoms with Crippen LogP contribution in [0, 0.1) is 0 Å². The summed E-state index contributed by atoms with van der Waals surface area (Å²) in [6, 6.07) is 57.9. The van der Waals surface area contributed by atoms with Crippen molar-refractivity contribution in [3.05, 3.63) is 164 Å². The minimum Gasteiger partial charge on any atom is -0.208 e. The van der Waals surface area contributed by atoms with Crippen LogP contribution in [0.4, 0.5) is 0 Å². The Labute approximate surface area is 296 Å². The molecule has 3 aromatic heterocycles. The van der Waals surface area contributed by atoms with Gasteiger partial charge in [0.25, 0.3) is 0 Å². The molecule has 0 aliphatic heterocycles. The zero-order valence-electron chi connectivity index (χ0n) is 26.7. The van der Waals surface area contributed by atoms with Crippen LogP contribution in [0.3, 0.4) is 0 Å². The Morgan fingerprint density at radius 3 is 1.50 bits per heavy atom. The molecule has 10 rings (SSSR count). The van der Waals surface area contributed by atoms with E-state index in [1.807, 2.05) is 59.1 Å². The van der Waals surface area contributed by atoms with Crippen molar-refractivity contribution in [1.29, 1.82) is 0 Å². The van der Waals surface area contributed by atoms with Crippen LogP contribution >= 0.6 is 22.7 Å². The highest BCUT2D eigenvalue weighted by Gasteiger charge is 2.16. The molecule has 0 saturated heterocycles. The number of aromatic nitrogens is 3. The zero-order chi connectivity index (χ0) is 33.0. The average molecular weight is 674 g/mol. The number of hydrogen-bond donors (Lipinski definition) is 0. The Bertz CT molecular complexity index is 2850. The number of fused-ring (bicyclic) bond motifs is 6. The minimum atomic E-state index is 0.657. The quantitative estimate of drug-likeness (QED) is 0.182. The molecule has 0 atom stereocenters. The molecule has 0 aliphatic carbocycles. The number of rotatable bonds is 5. The highest BCUT2D eigenvalue weighted by atomic mass is 32.1. The van der Waals surface area contributed by atoms with E-state index in [2.05, 4.69) is 127 Å². The summed E-state index contributed by atoms with van der Waals surface area (Å²) < 4.78 is 5.13. The van der Waals surface area contributed by atoms with Crippen LogP contribution in [0.2, 0.25) is 0 Å². The minimum absolute atomic E-state index is 0.657. The lowest BCUT2D eigenvalue weighted by molar-refractivity contribution is 1.07. The van der Waals surface area contributed by atoms with Gasteiger partial charge in [0.15, 0.2) is 17.5 Å². The van der Waals surface area contributed by atoms with Crippen molar-refractivity contribution in [2.75, 3.05) is 0 Å². The maximum Gasteiger partial charge on any atom is 0.164 e. The topological polar surface area (TPSA) is 38.7 Å². The van der Waals surface area contributed by atoms with Gasteiger partial charge in [-0.1, -0.05) is 140 Å². The average Bonchev–Trinajstić information content (AvgIpc) is 3.76. The summed E-state index contributed by atoms with van der Waals surface area (Å²) in [5, 5.41) is 5.17. The summed E-state index contributed by atoms with van der Waals surface area (Å²) in [4.78, 5) is 15.0. The second kappa shape index (κ2) is 11.8. The number of thiophene rings is 2. The predicted molar refractivity (Wildman–Crippen MR) is 213 cm³/mol. The number of nitrogens with zero attached hydrogens (tertiary/aromatic N) is 3. The van der Waals surface area contributed by atoms with Crippen molar-refractivity contribution in [3.8, 4) is 56.4 Å². The fourth-order valence-electron chi connectivity index (χ4n) is 6.89. The first-order valence-electron chi connectivity index (χ1n) is 16.6. The van der Waals surface area contributed by atoms with Crippen molar-refractivity contribution < 1.29 is 0 Å². The monoisotopic (exact) mass is 673 g/mol. The first-order valence-corrected chi connectivity index (χ1v) is 18.2. The Morgan fingerprint density at radius 2 is 0.780 bits per heavy atom. The van der Waals surface area contributed by atoms with Crippen LogP contribution in [-0.4, -0.2) is 15.0 Å². The van der Waals surface area contributed by atoms with Gasteiger partial charge in [-0.05, 0) is 46.5 Å². The van der Waals surface area contributed by atoms with E-state index in [-0.39, 0.29) is 0 Å². The second-order valence-electron chi connectivity index (χ2n) is 12.4. The molecule has 234 valence electrons. The second-order valence-corrected chi connectivity index (χ2v) is 14.6. The lowest BCUT2D eigenvalue weighted by Gasteiger charge is -2.09. The molecule has 0 saturated carbocycles. The van der Waals surface area contributed by atoms with Gasteiger partial charge in [0.1, 0.15) is 0 Å². The molecular formula is C45H27N3S2. The summed E-state index contributed by atoms with van der Waals surface area (Å²) in [5.41, 5.74) is 7.75. The molecule has 0 bridgehead atoms. The highest BCUT2D eigenvalue weighted by molar-refractivity contribution is 7.26. The highest BCUT2D eigenvalue weighted by Crippen LogP contribution is 2.43. The van der Waals surface area contributed by atoms with E-state index in [0.29, 0.717) is 17.5 Å². The van der Waals surface area contributed by atoms with Crippen molar-refractivity contribution >= 4 is 63.0 Å². The van der Waals surface area contributed by atoms with Gasteiger partial charge < -0.3 is 0 Å². The number of hydrogen-bond acceptors (Lipinski definition) is 5. The van der Waals surface area contributed by atoms with Crippen LogP contribution in [0.25, 0.3) is 96.8 Å². The van der Waals surface area contributed by atoms with Crippen molar-refractivity contribution in [2.45, 2.75) is 0 Å². The molecule has 7 aromatic carbocycles. The first kappa shape index (κ1) is 29.0. The Kier molecular flexibility index (Phi) is 6.86. The zero-order valence-corrected chi connectivity index (χ0v) is 28.4. The predicted octanol–water partition coefficient (Wildman–Crippen LogP) is 12.9. The third-order valence-corrected chi connectivity index (χ3v) is 11.6. The molecule has 3 nitrogen and oxygen atoms in total. The van der Waals surface area contributed by atoms with E-state index in [0.717, 1.165) is 22.3 Å². The van der Waals surface area contributed by atoms with Crippen LogP contribution in [0.15, 0.2) is 164 Å². The fourth-order valence-corrected chi connectivity index (χ4v) is 9.21. The molecule has 0 fully saturated rings. The molecule has 0 aliphatic rings. The van der Waals surface area contributed by atoms with Gasteiger partial charge in [0.2, 0.25) is 0 Å².